The smallest absolute Gasteiger partial charge is 0.340 e. The van der Waals surface area contributed by atoms with E-state index >= 15 is 0 Å². The van der Waals surface area contributed by atoms with Crippen molar-refractivity contribution in [3.63, 3.8) is 0 Å². The van der Waals surface area contributed by atoms with Gasteiger partial charge in [-0.15, -0.1) is 5.06 Å². The third kappa shape index (κ3) is 6.92. The maximum absolute atomic E-state index is 13.4. The zero-order valence-electron chi connectivity index (χ0n) is 20.7. The fraction of sp³-hybridized carbons (Fsp3) is 0.375. The second-order valence-corrected chi connectivity index (χ2v) is 12.2. The van der Waals surface area contributed by atoms with Gasteiger partial charge in [-0.2, -0.15) is 8.42 Å². The van der Waals surface area contributed by atoms with Crippen LogP contribution in [-0.4, -0.2) is 52.0 Å². The molecule has 2 atom stereocenters. The Kier molecular flexibility index (Phi) is 9.93. The number of rotatable bonds is 12. The van der Waals surface area contributed by atoms with Gasteiger partial charge in [0.25, 0.3) is 21.9 Å². The first-order valence-corrected chi connectivity index (χ1v) is 15.4. The first kappa shape index (κ1) is 29.6. The van der Waals surface area contributed by atoms with Gasteiger partial charge in [-0.3, -0.25) is 18.9 Å². The van der Waals surface area contributed by atoms with Crippen molar-refractivity contribution in [1.29, 1.82) is 0 Å². The molecule has 3 amide bonds. The van der Waals surface area contributed by atoms with E-state index in [2.05, 4.69) is 4.98 Å². The van der Waals surface area contributed by atoms with Gasteiger partial charge in [-0.25, -0.2) is 9.78 Å². The van der Waals surface area contributed by atoms with Crippen LogP contribution in [-0.2, 0) is 35.8 Å². The maximum Gasteiger partial charge on any atom is 0.340 e. The Morgan fingerprint density at radius 1 is 1.24 bits per heavy atom. The van der Waals surface area contributed by atoms with Gasteiger partial charge in [0.1, 0.15) is 5.03 Å². The average molecular weight is 582 g/mol. The van der Waals surface area contributed by atoms with E-state index in [9.17, 15) is 32.1 Å². The largest absolute Gasteiger partial charge is 0.366 e. The summed E-state index contributed by atoms with van der Waals surface area (Å²) in [7, 11) is -2.32. The number of pyridine rings is 1. The Balaban J connectivity index is 2.00. The predicted molar refractivity (Wildman–Crippen MR) is 140 cm³/mol. The van der Waals surface area contributed by atoms with Gasteiger partial charge in [0.15, 0.2) is 5.25 Å². The number of aromatic nitrogens is 1. The Bertz CT molecular complexity index is 1330. The van der Waals surface area contributed by atoms with Crippen molar-refractivity contribution in [1.82, 2.24) is 10.0 Å². The summed E-state index contributed by atoms with van der Waals surface area (Å²) in [6.07, 6.45) is 2.78. The topological polar surface area (TPSA) is 174 Å². The van der Waals surface area contributed by atoms with Gasteiger partial charge >= 0.3 is 5.97 Å². The third-order valence-electron chi connectivity index (χ3n) is 5.81. The quantitative estimate of drug-likeness (QED) is 0.214. The van der Waals surface area contributed by atoms with Crippen LogP contribution in [0.2, 0.25) is 0 Å². The molecule has 1 saturated heterocycles. The number of benzene rings is 1. The van der Waals surface area contributed by atoms with Crippen molar-refractivity contribution in [3.05, 3.63) is 53.2 Å². The summed E-state index contributed by atoms with van der Waals surface area (Å²) in [4.78, 5) is 60.6. The number of primary amides is 1. The fourth-order valence-corrected chi connectivity index (χ4v) is 6.70. The first-order chi connectivity index (χ1) is 18.0. The van der Waals surface area contributed by atoms with Crippen LogP contribution in [0.3, 0.4) is 0 Å². The Morgan fingerprint density at radius 3 is 2.53 bits per heavy atom. The second-order valence-electron chi connectivity index (χ2n) is 8.45. The van der Waals surface area contributed by atoms with Crippen LogP contribution < -0.4 is 5.73 Å². The number of hydroxylamine groups is 2. The molecule has 11 nitrogen and oxygen atoms in total. The van der Waals surface area contributed by atoms with Crippen LogP contribution in [0.1, 0.15) is 66.9 Å². The normalized spacial score (nSPS) is 16.5. The minimum absolute atomic E-state index is 0.0694. The predicted octanol–water partition coefficient (Wildman–Crippen LogP) is 3.29. The summed E-state index contributed by atoms with van der Waals surface area (Å²) in [6, 6.07) is 8.88. The number of nitrogens with two attached hydrogens (primary N) is 1. The van der Waals surface area contributed by atoms with E-state index in [1.165, 1.54) is 21.6 Å². The average Bonchev–Trinajstić information content (AvgIpc) is 3.16. The molecule has 38 heavy (non-hydrogen) atoms. The van der Waals surface area contributed by atoms with Crippen molar-refractivity contribution < 1.29 is 37.0 Å². The molecule has 0 saturated carbocycles. The van der Waals surface area contributed by atoms with Crippen LogP contribution in [0.4, 0.5) is 0 Å². The number of amides is 3. The zero-order chi connectivity index (χ0) is 28.0. The number of carbonyl (C=O) groups excluding carboxylic acids is 4. The molecule has 3 N–H and O–H groups in total. The molecule has 2 heterocycles. The molecule has 1 fully saturated rings. The highest BCUT2D eigenvalue weighted by Crippen LogP contribution is 2.42. The number of unbranched alkanes of at least 4 members (excludes halogenated alkanes) is 1. The van der Waals surface area contributed by atoms with E-state index < -0.39 is 51.4 Å². The summed E-state index contributed by atoms with van der Waals surface area (Å²) in [5.41, 5.74) is 6.97. The van der Waals surface area contributed by atoms with Crippen molar-refractivity contribution in [2.45, 2.75) is 67.0 Å². The van der Waals surface area contributed by atoms with Crippen LogP contribution in [0.15, 0.2) is 46.5 Å². The molecule has 1 aliphatic heterocycles. The highest BCUT2D eigenvalue weighted by molar-refractivity contribution is 8.76. The monoisotopic (exact) mass is 581 g/mol. The van der Waals surface area contributed by atoms with Crippen LogP contribution in [0.25, 0.3) is 0 Å². The number of nitrogens with zero attached hydrogens (tertiary/aromatic N) is 2. The van der Waals surface area contributed by atoms with Crippen LogP contribution in [0, 0.1) is 0 Å². The van der Waals surface area contributed by atoms with Gasteiger partial charge in [0.2, 0.25) is 5.91 Å². The van der Waals surface area contributed by atoms with Crippen LogP contribution in [0.5, 0.6) is 0 Å². The Labute approximate surface area is 228 Å². The van der Waals surface area contributed by atoms with Gasteiger partial charge in [0.05, 0.1) is 17.9 Å². The molecule has 0 radical (unpaired) electrons. The highest BCUT2D eigenvalue weighted by Gasteiger charge is 2.49. The minimum atomic E-state index is -4.88. The van der Waals surface area contributed by atoms with Crippen molar-refractivity contribution in [2.75, 3.05) is 0 Å². The highest BCUT2D eigenvalue weighted by atomic mass is 33.1. The summed E-state index contributed by atoms with van der Waals surface area (Å²) in [6.45, 7) is 3.80. The molecule has 0 bridgehead atoms. The van der Waals surface area contributed by atoms with Gasteiger partial charge in [-0.05, 0) is 53.0 Å². The third-order valence-corrected chi connectivity index (χ3v) is 9.20. The number of hydrogen-bond acceptors (Lipinski definition) is 10. The molecular weight excluding hydrogens is 554 g/mol. The van der Waals surface area contributed by atoms with Gasteiger partial charge < -0.3 is 10.6 Å². The molecule has 2 aromatic rings. The van der Waals surface area contributed by atoms with Gasteiger partial charge in [-0.1, -0.05) is 49.6 Å². The minimum Gasteiger partial charge on any atom is -0.366 e. The molecule has 2 unspecified atom stereocenters. The first-order valence-electron chi connectivity index (χ1n) is 11.7. The lowest BCUT2D eigenvalue weighted by molar-refractivity contribution is -0.198. The molecule has 14 heteroatoms. The number of imide groups is 1. The summed E-state index contributed by atoms with van der Waals surface area (Å²) in [5.74, 6) is -5.34. The molecule has 1 aliphatic rings. The van der Waals surface area contributed by atoms with E-state index in [-0.39, 0.29) is 22.6 Å². The maximum atomic E-state index is 13.4. The lowest BCUT2D eigenvalue weighted by atomic mass is 9.88. The zero-order valence-corrected chi connectivity index (χ0v) is 23.1. The molecule has 0 spiro atoms. The lowest BCUT2D eigenvalue weighted by Gasteiger charge is -2.23. The number of hydrogen-bond donors (Lipinski definition) is 2. The van der Waals surface area contributed by atoms with Crippen LogP contribution >= 0.6 is 21.6 Å². The van der Waals surface area contributed by atoms with E-state index in [1.807, 2.05) is 19.9 Å². The SMILES string of the molecule is CCCCC(C(=O)ON1C(=O)CC(S(=O)(=O)O)C1=O)c1cc(CC)cc(SSc2ccccn2)c1C(N)=O. The number of carbonyl (C=O) groups is 4. The van der Waals surface area contributed by atoms with Crippen molar-refractivity contribution >= 4 is 55.4 Å². The van der Waals surface area contributed by atoms with E-state index in [4.69, 9.17) is 10.6 Å². The lowest BCUT2D eigenvalue weighted by Crippen LogP contribution is -2.38. The molecule has 3 rings (SSSR count). The van der Waals surface area contributed by atoms with E-state index in [1.54, 1.807) is 30.5 Å². The Morgan fingerprint density at radius 2 is 1.97 bits per heavy atom. The fourth-order valence-electron chi connectivity index (χ4n) is 3.86. The molecule has 204 valence electrons. The van der Waals surface area contributed by atoms with E-state index in [0.717, 1.165) is 5.56 Å². The molecular formula is C24H27N3O8S3. The Hall–Kier alpha value is -2.94. The summed E-state index contributed by atoms with van der Waals surface area (Å²) in [5, 5.41) is -1.29. The second kappa shape index (κ2) is 12.7. The van der Waals surface area contributed by atoms with Gasteiger partial charge in [0, 0.05) is 11.1 Å². The molecule has 1 aromatic heterocycles. The van der Waals surface area contributed by atoms with E-state index in [0.29, 0.717) is 29.2 Å². The standard InChI is InChI=1S/C24H27N3O8S3/c1-3-5-8-15(24(31)35-27-20(28)13-18(23(27)30)38(32,33)34)16-11-14(4-2)12-17(21(16)22(25)29)36-37-19-9-6-7-10-26-19/h6-7,9-12,15,18H,3-5,8,13H2,1-2H3,(H2,25,29)(H,32,33,34). The summed E-state index contributed by atoms with van der Waals surface area (Å²) >= 11 is 0. The van der Waals surface area contributed by atoms with Crippen molar-refractivity contribution in [3.8, 4) is 0 Å². The van der Waals surface area contributed by atoms with Crippen molar-refractivity contribution in [2.24, 2.45) is 5.73 Å². The number of aryl methyl sites for hydroxylation is 1. The summed E-state index contributed by atoms with van der Waals surface area (Å²) < 4.78 is 32.2. The molecule has 0 aliphatic carbocycles. The molecule has 1 aromatic carbocycles.